The quantitative estimate of drug-likeness (QED) is 0.0990. The van der Waals surface area contributed by atoms with Gasteiger partial charge in [0.2, 0.25) is 0 Å². The molecule has 5 rings (SSSR count). The molecule has 0 unspecified atom stereocenters. The Kier molecular flexibility index (Phi) is 10.8. The second kappa shape index (κ2) is 14.2. The number of hydrogen-bond acceptors (Lipinski definition) is 1. The Hall–Kier alpha value is -4.25. The molecular formula is C34H29F2IrN3+. The summed E-state index contributed by atoms with van der Waals surface area (Å²) in [5.41, 5.74) is 4.99. The van der Waals surface area contributed by atoms with Gasteiger partial charge in [-0.25, -0.2) is 8.78 Å². The van der Waals surface area contributed by atoms with Crippen LogP contribution in [0, 0.1) is 25.6 Å². The predicted molar refractivity (Wildman–Crippen MR) is 157 cm³/mol. The first kappa shape index (κ1) is 30.3. The van der Waals surface area contributed by atoms with Gasteiger partial charge in [0, 0.05) is 12.8 Å². The van der Waals surface area contributed by atoms with Crippen LogP contribution in [0.15, 0.2) is 126 Å². The fraction of sp³-hybridized carbons (Fsp3) is 0.0588. The number of aromatic nitrogens is 1. The van der Waals surface area contributed by atoms with Gasteiger partial charge in [0.25, 0.3) is 0 Å². The number of pyridine rings is 1. The van der Waals surface area contributed by atoms with Crippen molar-refractivity contribution in [2.24, 2.45) is 4.99 Å². The summed E-state index contributed by atoms with van der Waals surface area (Å²) in [6.45, 7) is 7.71. The van der Waals surface area contributed by atoms with Gasteiger partial charge in [-0.3, -0.25) is 4.99 Å². The van der Waals surface area contributed by atoms with Gasteiger partial charge in [-0.2, -0.15) is 18.2 Å². The molecule has 6 heteroatoms. The van der Waals surface area contributed by atoms with E-state index in [9.17, 15) is 8.78 Å². The van der Waals surface area contributed by atoms with Gasteiger partial charge in [0.05, 0.1) is 29.2 Å². The zero-order valence-electron chi connectivity index (χ0n) is 22.3. The Bertz CT molecular complexity index is 1610. The molecule has 0 N–H and O–H groups in total. The second-order valence-electron chi connectivity index (χ2n) is 8.96. The van der Waals surface area contributed by atoms with E-state index in [1.807, 2.05) is 111 Å². The number of nitrogens with zero attached hydrogens (tertiary/aromatic N) is 3. The normalized spacial score (nSPS) is 11.3. The molecule has 1 heterocycles. The summed E-state index contributed by atoms with van der Waals surface area (Å²) in [6.07, 6.45) is 3.74. The third kappa shape index (κ3) is 7.89. The molecule has 5 aromatic rings. The maximum absolute atomic E-state index is 14.2. The zero-order valence-corrected chi connectivity index (χ0v) is 24.7. The van der Waals surface area contributed by atoms with E-state index in [-0.39, 0.29) is 25.7 Å². The molecule has 4 aromatic carbocycles. The molecule has 0 aliphatic carbocycles. The SMILES string of the molecule is CC(/C=C(/C)[N-]c1ccccc1)=Nc1ccccc1.[CH2-]c1cc(F)cc(F)c1-c1c2ccccc2cc[n+]1[CH2-].[Ir+3]. The van der Waals surface area contributed by atoms with E-state index in [2.05, 4.69) is 24.3 Å². The van der Waals surface area contributed by atoms with Crippen LogP contribution in [0.5, 0.6) is 0 Å². The standard InChI is InChI=1S/C17H12F2N.C17H17N2.Ir/c1-11-9-13(18)10-15(19)16(11)17-14-6-4-3-5-12(14)7-8-20(17)2;1-14(18-16-9-5-3-6-10-16)13-15(2)19-17-11-7-4-8-12-17;/h3-10H,1-2H2;3-13H,1-2H3;/q2*-1;+3/b;14-13-,19-15?;. The molecule has 0 amide bonds. The van der Waals surface area contributed by atoms with Crippen molar-refractivity contribution in [1.29, 1.82) is 0 Å². The zero-order chi connectivity index (χ0) is 27.8. The van der Waals surface area contributed by atoms with E-state index >= 15 is 0 Å². The molecule has 40 heavy (non-hydrogen) atoms. The minimum Gasteiger partial charge on any atom is -0.661 e. The molecule has 0 spiro atoms. The molecule has 202 valence electrons. The first-order valence-corrected chi connectivity index (χ1v) is 12.4. The number of hydrogen-bond donors (Lipinski definition) is 0. The molecule has 0 fully saturated rings. The number of allylic oxidation sites excluding steroid dienone is 2. The van der Waals surface area contributed by atoms with Gasteiger partial charge in [-0.05, 0) is 42.0 Å². The van der Waals surface area contributed by atoms with E-state index in [0.29, 0.717) is 11.3 Å². The number of aliphatic imine (C=N–C) groups is 1. The third-order valence-corrected chi connectivity index (χ3v) is 5.85. The van der Waals surface area contributed by atoms with Crippen LogP contribution < -0.4 is 4.57 Å². The van der Waals surface area contributed by atoms with Gasteiger partial charge in [-0.1, -0.05) is 91.4 Å². The summed E-state index contributed by atoms with van der Waals surface area (Å²) in [6, 6.07) is 31.4. The van der Waals surface area contributed by atoms with Crippen LogP contribution in [-0.2, 0) is 20.1 Å². The average Bonchev–Trinajstić information content (AvgIpc) is 2.91. The molecule has 0 atom stereocenters. The Morgan fingerprint density at radius 1 is 0.850 bits per heavy atom. The van der Waals surface area contributed by atoms with Crippen LogP contribution in [-0.4, -0.2) is 5.71 Å². The largest absolute Gasteiger partial charge is 3.00 e. The molecule has 1 aromatic heterocycles. The fourth-order valence-corrected chi connectivity index (χ4v) is 4.21. The van der Waals surface area contributed by atoms with Crippen molar-refractivity contribution >= 4 is 27.9 Å². The minimum absolute atomic E-state index is 0. The van der Waals surface area contributed by atoms with Crippen molar-refractivity contribution in [3.05, 3.63) is 158 Å². The molecule has 3 nitrogen and oxygen atoms in total. The van der Waals surface area contributed by atoms with Crippen molar-refractivity contribution in [3.63, 3.8) is 0 Å². The minimum atomic E-state index is -0.635. The summed E-state index contributed by atoms with van der Waals surface area (Å²) in [7, 11) is 3.88. The van der Waals surface area contributed by atoms with E-state index in [4.69, 9.17) is 0 Å². The van der Waals surface area contributed by atoms with Crippen molar-refractivity contribution in [1.82, 2.24) is 0 Å². The maximum atomic E-state index is 14.2. The van der Waals surface area contributed by atoms with E-state index in [1.54, 1.807) is 10.8 Å². The number of benzene rings is 4. The summed E-state index contributed by atoms with van der Waals surface area (Å²) < 4.78 is 29.0. The van der Waals surface area contributed by atoms with E-state index in [0.717, 1.165) is 39.6 Å². The van der Waals surface area contributed by atoms with Crippen molar-refractivity contribution in [3.8, 4) is 11.3 Å². The van der Waals surface area contributed by atoms with Crippen LogP contribution in [0.2, 0.25) is 0 Å². The topological polar surface area (TPSA) is 30.3 Å². The molecule has 0 saturated carbocycles. The Morgan fingerprint density at radius 2 is 1.48 bits per heavy atom. The van der Waals surface area contributed by atoms with Crippen LogP contribution in [0.1, 0.15) is 19.4 Å². The van der Waals surface area contributed by atoms with Gasteiger partial charge in [-0.15, -0.1) is 11.8 Å². The second-order valence-corrected chi connectivity index (χ2v) is 8.96. The monoisotopic (exact) mass is 710 g/mol. The average molecular weight is 710 g/mol. The van der Waals surface area contributed by atoms with E-state index < -0.39 is 11.6 Å². The Balaban J connectivity index is 0.000000215. The molecule has 0 bridgehead atoms. The summed E-state index contributed by atoms with van der Waals surface area (Å²) in [5, 5.41) is 6.33. The molecular weight excluding hydrogens is 681 g/mol. The maximum Gasteiger partial charge on any atom is 3.00 e. The number of para-hydroxylation sites is 2. The Labute approximate surface area is 248 Å². The van der Waals surface area contributed by atoms with Crippen LogP contribution in [0.3, 0.4) is 0 Å². The van der Waals surface area contributed by atoms with Gasteiger partial charge in [0.15, 0.2) is 0 Å². The molecule has 0 saturated heterocycles. The first-order chi connectivity index (χ1) is 18.8. The molecule has 0 radical (unpaired) electrons. The third-order valence-electron chi connectivity index (χ3n) is 5.85. The predicted octanol–water partition coefficient (Wildman–Crippen LogP) is 9.28. The molecule has 0 aliphatic heterocycles. The fourth-order valence-electron chi connectivity index (χ4n) is 4.21. The first-order valence-electron chi connectivity index (χ1n) is 12.4. The van der Waals surface area contributed by atoms with Crippen LogP contribution in [0.25, 0.3) is 27.3 Å². The summed E-state index contributed by atoms with van der Waals surface area (Å²) >= 11 is 0. The van der Waals surface area contributed by atoms with E-state index in [1.165, 1.54) is 6.07 Å². The number of rotatable bonds is 5. The van der Waals surface area contributed by atoms with Crippen molar-refractivity contribution in [2.45, 2.75) is 13.8 Å². The summed E-state index contributed by atoms with van der Waals surface area (Å²) in [5.74, 6) is -1.27. The Morgan fingerprint density at radius 3 is 2.15 bits per heavy atom. The van der Waals surface area contributed by atoms with Crippen molar-refractivity contribution in [2.75, 3.05) is 0 Å². The van der Waals surface area contributed by atoms with Gasteiger partial charge in [0.1, 0.15) is 0 Å². The molecule has 0 aliphatic rings. The summed E-state index contributed by atoms with van der Waals surface area (Å²) in [4.78, 5) is 4.52. The number of fused-ring (bicyclic) bond motifs is 1. The van der Waals surface area contributed by atoms with Gasteiger partial charge < -0.3 is 9.88 Å². The van der Waals surface area contributed by atoms with Crippen molar-refractivity contribution < 1.29 is 33.5 Å². The van der Waals surface area contributed by atoms with Crippen LogP contribution in [0.4, 0.5) is 20.2 Å². The van der Waals surface area contributed by atoms with Crippen LogP contribution >= 0.6 is 0 Å². The van der Waals surface area contributed by atoms with Gasteiger partial charge >= 0.3 is 20.1 Å². The smallest absolute Gasteiger partial charge is 0.661 e. The number of halogens is 2.